The summed E-state index contributed by atoms with van der Waals surface area (Å²) in [5.41, 5.74) is 0.775. The molecule has 0 bridgehead atoms. The number of benzene rings is 1. The molecule has 0 aliphatic rings. The molecule has 0 amide bonds. The summed E-state index contributed by atoms with van der Waals surface area (Å²) in [5, 5.41) is 9.77. The van der Waals surface area contributed by atoms with Crippen molar-refractivity contribution in [3.8, 4) is 5.88 Å². The summed E-state index contributed by atoms with van der Waals surface area (Å²) in [5.74, 6) is -1.13. The van der Waals surface area contributed by atoms with Crippen LogP contribution in [0.3, 0.4) is 0 Å². The van der Waals surface area contributed by atoms with Gasteiger partial charge in [0.2, 0.25) is 5.88 Å². The van der Waals surface area contributed by atoms with E-state index < -0.39 is 5.97 Å². The Bertz CT molecular complexity index is 617. The van der Waals surface area contributed by atoms with Crippen molar-refractivity contribution in [2.24, 2.45) is 0 Å². The van der Waals surface area contributed by atoms with E-state index in [0.29, 0.717) is 5.02 Å². The Kier molecular flexibility index (Phi) is 4.24. The van der Waals surface area contributed by atoms with Crippen LogP contribution in [-0.2, 0) is 6.61 Å². The topological polar surface area (TPSA) is 59.4 Å². The number of pyridine rings is 1. The van der Waals surface area contributed by atoms with Crippen molar-refractivity contribution < 1.29 is 14.6 Å². The molecule has 4 nitrogen and oxygen atoms in total. The molecule has 1 aromatic heterocycles. The zero-order chi connectivity index (χ0) is 13.8. The molecule has 19 heavy (non-hydrogen) atoms. The Morgan fingerprint density at radius 2 is 2.05 bits per heavy atom. The van der Waals surface area contributed by atoms with E-state index in [0.717, 1.165) is 5.56 Å². The van der Waals surface area contributed by atoms with Gasteiger partial charge in [-0.3, -0.25) is 0 Å². The third-order valence-electron chi connectivity index (χ3n) is 2.32. The van der Waals surface area contributed by atoms with Crippen molar-refractivity contribution in [2.75, 3.05) is 0 Å². The lowest BCUT2D eigenvalue weighted by atomic mass is 10.2. The zero-order valence-corrected chi connectivity index (χ0v) is 11.1. The monoisotopic (exact) mass is 297 g/mol. The molecule has 0 saturated carbocycles. The Morgan fingerprint density at radius 1 is 1.26 bits per heavy atom. The predicted molar refractivity (Wildman–Crippen MR) is 72.0 cm³/mol. The van der Waals surface area contributed by atoms with Gasteiger partial charge in [0, 0.05) is 5.02 Å². The van der Waals surface area contributed by atoms with Gasteiger partial charge in [0.15, 0.2) is 0 Å². The molecular weight excluding hydrogens is 289 g/mol. The van der Waals surface area contributed by atoms with Crippen LogP contribution in [0.1, 0.15) is 15.9 Å². The number of nitrogens with zero attached hydrogens (tertiary/aromatic N) is 1. The quantitative estimate of drug-likeness (QED) is 0.875. The molecule has 0 spiro atoms. The van der Waals surface area contributed by atoms with Gasteiger partial charge >= 0.3 is 5.97 Å². The van der Waals surface area contributed by atoms with Gasteiger partial charge in [-0.15, -0.1) is 0 Å². The number of aromatic nitrogens is 1. The number of rotatable bonds is 4. The van der Waals surface area contributed by atoms with Crippen molar-refractivity contribution in [1.29, 1.82) is 0 Å². The second-order valence-electron chi connectivity index (χ2n) is 3.71. The van der Waals surface area contributed by atoms with E-state index >= 15 is 0 Å². The lowest BCUT2D eigenvalue weighted by Crippen LogP contribution is -2.05. The summed E-state index contributed by atoms with van der Waals surface area (Å²) in [7, 11) is 0. The number of aromatic carboxylic acids is 1. The van der Waals surface area contributed by atoms with E-state index in [1.165, 1.54) is 12.1 Å². The highest BCUT2D eigenvalue weighted by atomic mass is 35.5. The second kappa shape index (κ2) is 5.91. The Balaban J connectivity index is 2.19. The summed E-state index contributed by atoms with van der Waals surface area (Å²) in [6.45, 7) is 0.161. The normalized spacial score (nSPS) is 10.2. The van der Waals surface area contributed by atoms with Gasteiger partial charge in [0.25, 0.3) is 0 Å². The van der Waals surface area contributed by atoms with Gasteiger partial charge < -0.3 is 9.84 Å². The number of carboxylic acid groups (broad SMARTS) is 1. The highest BCUT2D eigenvalue weighted by Gasteiger charge is 2.13. The van der Waals surface area contributed by atoms with Crippen molar-refractivity contribution in [3.63, 3.8) is 0 Å². The molecule has 0 fully saturated rings. The van der Waals surface area contributed by atoms with Crippen molar-refractivity contribution in [1.82, 2.24) is 4.98 Å². The molecule has 0 aliphatic heterocycles. The van der Waals surface area contributed by atoms with Gasteiger partial charge in [-0.05, 0) is 29.8 Å². The van der Waals surface area contributed by atoms with Gasteiger partial charge in [0.1, 0.15) is 17.3 Å². The van der Waals surface area contributed by atoms with Crippen LogP contribution in [0.5, 0.6) is 5.88 Å². The van der Waals surface area contributed by atoms with Crippen LogP contribution in [0.25, 0.3) is 0 Å². The molecule has 98 valence electrons. The lowest BCUT2D eigenvalue weighted by molar-refractivity contribution is 0.0690. The molecule has 1 aromatic carbocycles. The summed E-state index contributed by atoms with van der Waals surface area (Å²) >= 11 is 11.6. The third kappa shape index (κ3) is 3.59. The van der Waals surface area contributed by atoms with Crippen molar-refractivity contribution in [2.45, 2.75) is 6.61 Å². The van der Waals surface area contributed by atoms with Crippen molar-refractivity contribution >= 4 is 29.2 Å². The molecular formula is C13H9Cl2NO3. The molecule has 0 saturated heterocycles. The average molecular weight is 298 g/mol. The minimum absolute atomic E-state index is 0.0139. The second-order valence-corrected chi connectivity index (χ2v) is 4.53. The largest absolute Gasteiger partial charge is 0.477 e. The summed E-state index contributed by atoms with van der Waals surface area (Å²) in [6, 6.07) is 9.82. The molecule has 2 rings (SSSR count). The molecule has 0 aliphatic carbocycles. The average Bonchev–Trinajstić information content (AvgIpc) is 2.36. The van der Waals surface area contributed by atoms with Crippen LogP contribution in [0.4, 0.5) is 0 Å². The van der Waals surface area contributed by atoms with Crippen LogP contribution < -0.4 is 4.74 Å². The molecule has 0 atom stereocenters. The smallest absolute Gasteiger partial charge is 0.341 e. The van der Waals surface area contributed by atoms with E-state index in [2.05, 4.69) is 4.98 Å². The van der Waals surface area contributed by atoms with Crippen molar-refractivity contribution in [3.05, 3.63) is 57.7 Å². The standard InChI is InChI=1S/C13H9Cl2NO3/c14-9-3-1-2-8(6-9)7-19-12-10(13(17)18)4-5-11(15)16-12/h1-6H,7H2,(H,17,18). The minimum atomic E-state index is -1.12. The van der Waals surface area contributed by atoms with Gasteiger partial charge in [0.05, 0.1) is 0 Å². The maximum Gasteiger partial charge on any atom is 0.341 e. The number of carbonyl (C=O) groups is 1. The minimum Gasteiger partial charge on any atom is -0.477 e. The first-order chi connectivity index (χ1) is 9.06. The fourth-order valence-electron chi connectivity index (χ4n) is 1.47. The third-order valence-corrected chi connectivity index (χ3v) is 2.77. The maximum absolute atomic E-state index is 11.0. The Hall–Kier alpha value is -1.78. The van der Waals surface area contributed by atoms with Gasteiger partial charge in [-0.25, -0.2) is 9.78 Å². The number of carboxylic acids is 1. The lowest BCUT2D eigenvalue weighted by Gasteiger charge is -2.08. The van der Waals surface area contributed by atoms with Crippen LogP contribution >= 0.6 is 23.2 Å². The SMILES string of the molecule is O=C(O)c1ccc(Cl)nc1OCc1cccc(Cl)c1. The molecule has 1 N–H and O–H groups in total. The highest BCUT2D eigenvalue weighted by Crippen LogP contribution is 2.20. The maximum atomic E-state index is 11.0. The predicted octanol–water partition coefficient (Wildman–Crippen LogP) is 3.67. The fourth-order valence-corrected chi connectivity index (χ4v) is 1.82. The van der Waals surface area contributed by atoms with E-state index in [-0.39, 0.29) is 23.2 Å². The Morgan fingerprint density at radius 3 is 2.74 bits per heavy atom. The fraction of sp³-hybridized carbons (Fsp3) is 0.0769. The van der Waals surface area contributed by atoms with Crippen LogP contribution in [0.2, 0.25) is 10.2 Å². The molecule has 0 radical (unpaired) electrons. The first-order valence-corrected chi connectivity index (χ1v) is 6.09. The van der Waals surface area contributed by atoms with Gasteiger partial charge in [-0.1, -0.05) is 35.3 Å². The van der Waals surface area contributed by atoms with Crippen LogP contribution in [0.15, 0.2) is 36.4 Å². The van der Waals surface area contributed by atoms with E-state index in [1.807, 2.05) is 6.07 Å². The molecule has 1 heterocycles. The summed E-state index contributed by atoms with van der Waals surface area (Å²) < 4.78 is 5.39. The van der Waals surface area contributed by atoms with E-state index in [4.69, 9.17) is 33.0 Å². The zero-order valence-electron chi connectivity index (χ0n) is 9.64. The van der Waals surface area contributed by atoms with E-state index in [9.17, 15) is 4.79 Å². The molecule has 2 aromatic rings. The Labute approximate surface area is 119 Å². The van der Waals surface area contributed by atoms with Crippen LogP contribution in [-0.4, -0.2) is 16.1 Å². The summed E-state index contributed by atoms with van der Waals surface area (Å²) in [4.78, 5) is 14.9. The van der Waals surface area contributed by atoms with E-state index in [1.54, 1.807) is 18.2 Å². The number of ether oxygens (including phenoxy) is 1. The number of halogens is 2. The number of hydrogen-bond donors (Lipinski definition) is 1. The molecule has 0 unspecified atom stereocenters. The highest BCUT2D eigenvalue weighted by molar-refractivity contribution is 6.30. The molecule has 6 heteroatoms. The van der Waals surface area contributed by atoms with Crippen LogP contribution in [0, 0.1) is 0 Å². The van der Waals surface area contributed by atoms with Gasteiger partial charge in [-0.2, -0.15) is 0 Å². The first kappa shape index (κ1) is 13.6. The first-order valence-electron chi connectivity index (χ1n) is 5.33. The number of hydrogen-bond acceptors (Lipinski definition) is 3. The summed E-state index contributed by atoms with van der Waals surface area (Å²) in [6.07, 6.45) is 0.